The number of hydrogen-bond acceptors (Lipinski definition) is 3. The first-order chi connectivity index (χ1) is 3.12. The first-order valence-electron chi connectivity index (χ1n) is 2.18. The van der Waals surface area contributed by atoms with E-state index in [9.17, 15) is 0 Å². The topological polar surface area (TPSA) is 40.5 Å². The highest BCUT2D eigenvalue weighted by molar-refractivity contribution is 7.80. The normalized spacial score (nSPS) is 12.0. The molecule has 7 heavy (non-hydrogen) atoms. The zero-order valence-electron chi connectivity index (χ0n) is 4.26. The Morgan fingerprint density at radius 1 is 1.57 bits per heavy atom. The summed E-state index contributed by atoms with van der Waals surface area (Å²) in [6.07, 6.45) is 0.330. The van der Waals surface area contributed by atoms with Crippen molar-refractivity contribution in [3.63, 3.8) is 0 Å². The number of hydrogen-bond donors (Lipinski definition) is 3. The van der Waals surface area contributed by atoms with Crippen LogP contribution >= 0.6 is 12.6 Å². The molecule has 0 amide bonds. The van der Waals surface area contributed by atoms with E-state index in [1.807, 2.05) is 0 Å². The van der Waals surface area contributed by atoms with Crippen molar-refractivity contribution in [2.45, 2.75) is 19.1 Å². The third-order valence-electron chi connectivity index (χ3n) is 0.819. The lowest BCUT2D eigenvalue weighted by molar-refractivity contribution is -0.141. The molecule has 0 heterocycles. The van der Waals surface area contributed by atoms with Crippen LogP contribution in [0, 0.1) is 0 Å². The van der Waals surface area contributed by atoms with Crippen LogP contribution in [0.2, 0.25) is 0 Å². The Morgan fingerprint density at radius 2 is 2.00 bits per heavy atom. The van der Waals surface area contributed by atoms with Crippen LogP contribution in [0.4, 0.5) is 0 Å². The Bertz CT molecular complexity index is 47.7. The van der Waals surface area contributed by atoms with Gasteiger partial charge in [0.2, 0.25) is 0 Å². The Labute approximate surface area is 48.6 Å². The molecule has 0 aliphatic carbocycles. The van der Waals surface area contributed by atoms with Gasteiger partial charge in [0.05, 0.1) is 0 Å². The molecule has 2 N–H and O–H groups in total. The highest BCUT2D eigenvalue weighted by Gasteiger charge is 2.15. The third-order valence-corrected chi connectivity index (χ3v) is 1.33. The molecular weight excluding hydrogens is 112 g/mol. The summed E-state index contributed by atoms with van der Waals surface area (Å²) in [5.74, 6) is -1.45. The summed E-state index contributed by atoms with van der Waals surface area (Å²) in [6, 6.07) is 0. The highest BCUT2D eigenvalue weighted by atomic mass is 32.1. The van der Waals surface area contributed by atoms with E-state index >= 15 is 0 Å². The van der Waals surface area contributed by atoms with Gasteiger partial charge in [-0.2, -0.15) is 12.6 Å². The molecular formula is C4H10O2S. The summed E-state index contributed by atoms with van der Waals surface area (Å²) < 4.78 is 0. The number of thiol groups is 1. The Kier molecular flexibility index (Phi) is 2.64. The average Bonchev–Trinajstić information content (AvgIpc) is 1.68. The van der Waals surface area contributed by atoms with Crippen LogP contribution in [0.15, 0.2) is 0 Å². The molecule has 0 aromatic heterocycles. The summed E-state index contributed by atoms with van der Waals surface area (Å²) >= 11 is 3.68. The van der Waals surface area contributed by atoms with E-state index in [4.69, 9.17) is 10.2 Å². The van der Waals surface area contributed by atoms with Gasteiger partial charge < -0.3 is 10.2 Å². The summed E-state index contributed by atoms with van der Waals surface area (Å²) in [5.41, 5.74) is 0. The van der Waals surface area contributed by atoms with E-state index in [0.29, 0.717) is 6.42 Å². The third kappa shape index (κ3) is 2.91. The molecule has 0 aromatic rings. The maximum atomic E-state index is 8.61. The van der Waals surface area contributed by atoms with Crippen LogP contribution < -0.4 is 0 Å². The highest BCUT2D eigenvalue weighted by Crippen LogP contribution is 2.04. The molecule has 0 saturated carbocycles. The number of rotatable bonds is 2. The van der Waals surface area contributed by atoms with Crippen LogP contribution in [0.25, 0.3) is 0 Å². The largest absolute Gasteiger partial charge is 0.365 e. The lowest BCUT2D eigenvalue weighted by atomic mass is 10.2. The molecule has 44 valence electrons. The predicted octanol–water partition coefficient (Wildman–Crippen LogP) is 0.00710. The second-order valence-electron chi connectivity index (χ2n) is 1.49. The molecule has 0 spiro atoms. The molecule has 0 rings (SSSR count). The van der Waals surface area contributed by atoms with Gasteiger partial charge in [-0.3, -0.25) is 0 Å². The van der Waals surface area contributed by atoms with Crippen LogP contribution in [0.1, 0.15) is 13.3 Å². The summed E-state index contributed by atoms with van der Waals surface area (Å²) in [6.45, 7) is 1.69. The van der Waals surface area contributed by atoms with Gasteiger partial charge in [-0.1, -0.05) is 6.92 Å². The molecule has 0 radical (unpaired) electrons. The molecule has 2 nitrogen and oxygen atoms in total. The first-order valence-corrected chi connectivity index (χ1v) is 2.81. The molecule has 0 saturated heterocycles. The fourth-order valence-corrected chi connectivity index (χ4v) is 0.335. The lowest BCUT2D eigenvalue weighted by Crippen LogP contribution is -2.28. The summed E-state index contributed by atoms with van der Waals surface area (Å²) in [7, 11) is 0. The molecule has 0 aliphatic rings. The van der Waals surface area contributed by atoms with E-state index in [2.05, 4.69) is 12.6 Å². The quantitative estimate of drug-likeness (QED) is 0.356. The van der Waals surface area contributed by atoms with Crippen LogP contribution in [0.5, 0.6) is 0 Å². The van der Waals surface area contributed by atoms with Gasteiger partial charge in [-0.15, -0.1) is 0 Å². The zero-order valence-corrected chi connectivity index (χ0v) is 5.15. The Morgan fingerprint density at radius 3 is 2.00 bits per heavy atom. The number of aliphatic hydroxyl groups is 2. The van der Waals surface area contributed by atoms with Crippen LogP contribution in [-0.4, -0.2) is 21.8 Å². The minimum Gasteiger partial charge on any atom is -0.365 e. The van der Waals surface area contributed by atoms with Gasteiger partial charge in [0.1, 0.15) is 0 Å². The monoisotopic (exact) mass is 122 g/mol. The van der Waals surface area contributed by atoms with Gasteiger partial charge in [0.15, 0.2) is 5.79 Å². The van der Waals surface area contributed by atoms with E-state index in [1.165, 1.54) is 0 Å². The first kappa shape index (κ1) is 7.27. The van der Waals surface area contributed by atoms with Crippen LogP contribution in [-0.2, 0) is 0 Å². The molecule has 0 fully saturated rings. The maximum Gasteiger partial charge on any atom is 0.171 e. The van der Waals surface area contributed by atoms with Gasteiger partial charge >= 0.3 is 0 Å². The minimum absolute atomic E-state index is 0.101. The smallest absolute Gasteiger partial charge is 0.171 e. The average molecular weight is 122 g/mol. The van der Waals surface area contributed by atoms with Gasteiger partial charge in [-0.25, -0.2) is 0 Å². The molecule has 3 heteroatoms. The van der Waals surface area contributed by atoms with Crippen molar-refractivity contribution in [2.75, 3.05) is 5.75 Å². The second-order valence-corrected chi connectivity index (χ2v) is 1.81. The molecule has 0 aromatic carbocycles. The Balaban J connectivity index is 3.36. The van der Waals surface area contributed by atoms with E-state index in [1.54, 1.807) is 6.92 Å². The van der Waals surface area contributed by atoms with Crippen molar-refractivity contribution in [3.05, 3.63) is 0 Å². The van der Waals surface area contributed by atoms with Crippen molar-refractivity contribution >= 4 is 12.6 Å². The minimum atomic E-state index is -1.55. The zero-order chi connectivity index (χ0) is 5.91. The van der Waals surface area contributed by atoms with Gasteiger partial charge in [-0.05, 0) is 6.42 Å². The fraction of sp³-hybridized carbons (Fsp3) is 1.00. The van der Waals surface area contributed by atoms with Crippen LogP contribution in [0.3, 0.4) is 0 Å². The lowest BCUT2D eigenvalue weighted by Gasteiger charge is -2.14. The van der Waals surface area contributed by atoms with E-state index < -0.39 is 5.79 Å². The molecule has 0 bridgehead atoms. The van der Waals surface area contributed by atoms with Crippen molar-refractivity contribution in [1.82, 2.24) is 0 Å². The van der Waals surface area contributed by atoms with E-state index in [0.717, 1.165) is 0 Å². The maximum absolute atomic E-state index is 8.61. The van der Waals surface area contributed by atoms with Crippen molar-refractivity contribution in [1.29, 1.82) is 0 Å². The SMILES string of the molecule is CCC(O)(O)CS. The Hall–Kier alpha value is 0.270. The van der Waals surface area contributed by atoms with Crippen molar-refractivity contribution < 1.29 is 10.2 Å². The fourth-order valence-electron chi connectivity index (χ4n) is 0.112. The molecule has 0 aliphatic heterocycles. The van der Waals surface area contributed by atoms with Crippen molar-refractivity contribution in [2.24, 2.45) is 0 Å². The standard InChI is InChI=1S/C4H10O2S/c1-2-4(5,6)3-7/h5-7H,2-3H2,1H3. The second kappa shape index (κ2) is 2.55. The van der Waals surface area contributed by atoms with Gasteiger partial charge in [0.25, 0.3) is 0 Å². The molecule has 0 atom stereocenters. The predicted molar refractivity (Wildman–Crippen MR) is 31.3 cm³/mol. The molecule has 0 unspecified atom stereocenters. The van der Waals surface area contributed by atoms with Crippen molar-refractivity contribution in [3.8, 4) is 0 Å². The summed E-state index contributed by atoms with van der Waals surface area (Å²) in [4.78, 5) is 0. The van der Waals surface area contributed by atoms with Gasteiger partial charge in [0, 0.05) is 5.75 Å². The summed E-state index contributed by atoms with van der Waals surface area (Å²) in [5, 5.41) is 17.2. The van der Waals surface area contributed by atoms with E-state index in [-0.39, 0.29) is 5.75 Å².